The molecule has 0 heterocycles. The molecule has 0 aromatic rings. The molecule has 96 heavy (non-hydrogen) atoms. The van der Waals surface area contributed by atoms with Crippen LogP contribution in [0.2, 0.25) is 0 Å². The molecule has 0 saturated carbocycles. The topological polar surface area (TPSA) is 237 Å². The maximum atomic E-state index is 13.1. The summed E-state index contributed by atoms with van der Waals surface area (Å²) in [4.78, 5) is 72.8. The molecular formula is C77H150O17P2. The molecule has 17 nitrogen and oxygen atoms in total. The summed E-state index contributed by atoms with van der Waals surface area (Å²) < 4.78 is 68.5. The Kier molecular flexibility index (Phi) is 67.4. The molecule has 0 fully saturated rings. The van der Waals surface area contributed by atoms with Gasteiger partial charge in [-0.05, 0) is 37.5 Å². The second-order valence-electron chi connectivity index (χ2n) is 28.5. The maximum absolute atomic E-state index is 13.1. The molecule has 3 unspecified atom stereocenters. The molecule has 0 rings (SSSR count). The van der Waals surface area contributed by atoms with E-state index in [-0.39, 0.29) is 25.7 Å². The van der Waals surface area contributed by atoms with E-state index in [1.165, 1.54) is 218 Å². The van der Waals surface area contributed by atoms with Gasteiger partial charge >= 0.3 is 39.5 Å². The van der Waals surface area contributed by atoms with Gasteiger partial charge in [-0.3, -0.25) is 37.3 Å². The summed E-state index contributed by atoms with van der Waals surface area (Å²) in [5.74, 6) is -0.605. The van der Waals surface area contributed by atoms with Crippen molar-refractivity contribution in [2.45, 2.75) is 419 Å². The quantitative estimate of drug-likeness (QED) is 0.0222. The molecule has 0 radical (unpaired) electrons. The third kappa shape index (κ3) is 69.2. The van der Waals surface area contributed by atoms with Gasteiger partial charge in [-0.15, -0.1) is 0 Å². The van der Waals surface area contributed by atoms with Crippen LogP contribution in [0.25, 0.3) is 0 Å². The molecule has 3 N–H and O–H groups in total. The van der Waals surface area contributed by atoms with Crippen LogP contribution in [-0.4, -0.2) is 96.7 Å². The van der Waals surface area contributed by atoms with E-state index in [4.69, 9.17) is 37.0 Å². The molecule has 0 aliphatic carbocycles. The summed E-state index contributed by atoms with van der Waals surface area (Å²) >= 11 is 0. The number of ether oxygens (including phenoxy) is 4. The van der Waals surface area contributed by atoms with Crippen molar-refractivity contribution in [3.8, 4) is 0 Å². The van der Waals surface area contributed by atoms with Gasteiger partial charge in [0.15, 0.2) is 12.2 Å². The number of hydrogen-bond donors (Lipinski definition) is 3. The molecule has 0 aromatic heterocycles. The first kappa shape index (κ1) is 94.1. The lowest BCUT2D eigenvalue weighted by atomic mass is 9.99. The lowest BCUT2D eigenvalue weighted by Crippen LogP contribution is -2.30. The van der Waals surface area contributed by atoms with Crippen molar-refractivity contribution < 1.29 is 80.2 Å². The molecule has 570 valence electrons. The minimum absolute atomic E-state index is 0.105. The predicted octanol–water partition coefficient (Wildman–Crippen LogP) is 22.7. The number of rotatable bonds is 76. The number of aliphatic hydroxyl groups excluding tert-OH is 1. The van der Waals surface area contributed by atoms with Crippen LogP contribution in [0.3, 0.4) is 0 Å². The Morgan fingerprint density at radius 2 is 0.531 bits per heavy atom. The minimum atomic E-state index is -4.96. The summed E-state index contributed by atoms with van der Waals surface area (Å²) in [6.45, 7) is 9.56. The van der Waals surface area contributed by atoms with Crippen LogP contribution in [0.1, 0.15) is 401 Å². The summed E-state index contributed by atoms with van der Waals surface area (Å²) in [7, 11) is -9.91. The lowest BCUT2D eigenvalue weighted by Gasteiger charge is -2.21. The van der Waals surface area contributed by atoms with E-state index < -0.39 is 97.5 Å². The van der Waals surface area contributed by atoms with E-state index >= 15 is 0 Å². The van der Waals surface area contributed by atoms with Crippen molar-refractivity contribution in [2.24, 2.45) is 11.8 Å². The first-order chi connectivity index (χ1) is 46.4. The number of unbranched alkanes of at least 4 members (excludes halogenated alkanes) is 45. The fraction of sp³-hybridized carbons (Fsp3) is 0.948. The zero-order valence-corrected chi connectivity index (χ0v) is 64.5. The Morgan fingerprint density at radius 1 is 0.302 bits per heavy atom. The Bertz CT molecular complexity index is 1860. The van der Waals surface area contributed by atoms with E-state index in [2.05, 4.69) is 41.5 Å². The molecule has 0 amide bonds. The third-order valence-electron chi connectivity index (χ3n) is 18.3. The average Bonchev–Trinajstić information content (AvgIpc) is 1.23. The van der Waals surface area contributed by atoms with Crippen molar-refractivity contribution in [1.82, 2.24) is 0 Å². The van der Waals surface area contributed by atoms with Gasteiger partial charge in [0, 0.05) is 25.7 Å². The van der Waals surface area contributed by atoms with E-state index in [0.717, 1.165) is 102 Å². The Hall–Kier alpha value is -1.94. The van der Waals surface area contributed by atoms with Crippen LogP contribution < -0.4 is 0 Å². The zero-order chi connectivity index (χ0) is 70.7. The Morgan fingerprint density at radius 3 is 0.792 bits per heavy atom. The second kappa shape index (κ2) is 68.8. The molecule has 0 saturated heterocycles. The molecule has 0 spiro atoms. The van der Waals surface area contributed by atoms with Crippen LogP contribution in [0, 0.1) is 11.8 Å². The van der Waals surface area contributed by atoms with Gasteiger partial charge in [-0.2, -0.15) is 0 Å². The van der Waals surface area contributed by atoms with Crippen molar-refractivity contribution in [1.29, 1.82) is 0 Å². The van der Waals surface area contributed by atoms with Gasteiger partial charge < -0.3 is 33.8 Å². The van der Waals surface area contributed by atoms with Crippen LogP contribution >= 0.6 is 15.6 Å². The summed E-state index contributed by atoms with van der Waals surface area (Å²) in [6.07, 6.45) is 57.0. The highest BCUT2D eigenvalue weighted by Crippen LogP contribution is 2.45. The van der Waals surface area contributed by atoms with Gasteiger partial charge in [0.2, 0.25) is 0 Å². The fourth-order valence-corrected chi connectivity index (χ4v) is 13.4. The first-order valence-electron chi connectivity index (χ1n) is 40.0. The first-order valence-corrected chi connectivity index (χ1v) is 43.0. The molecular weight excluding hydrogens is 1260 g/mol. The number of aliphatic hydroxyl groups is 1. The zero-order valence-electron chi connectivity index (χ0n) is 62.7. The van der Waals surface area contributed by atoms with E-state index in [9.17, 15) is 43.2 Å². The normalized spacial score (nSPS) is 14.3. The summed E-state index contributed by atoms with van der Waals surface area (Å²) in [5, 5.41) is 10.6. The highest BCUT2D eigenvalue weighted by Gasteiger charge is 2.30. The number of phosphoric acid groups is 2. The largest absolute Gasteiger partial charge is 0.472 e. The van der Waals surface area contributed by atoms with Crippen molar-refractivity contribution in [3.05, 3.63) is 0 Å². The highest BCUT2D eigenvalue weighted by molar-refractivity contribution is 7.47. The SMILES string of the molecule is CCCCCCCCCCCCCCCCCCCCCCCCC(=O)O[C@H](COC(=O)CCCCCCCCCCCC(C)C)COP(=O)(O)OC[C@@H](O)COP(=O)(O)OC[C@@H](COC(=O)CCCCCCCCCCCC)OC(=O)CCCCCCCCCCC(C)CC. The summed E-state index contributed by atoms with van der Waals surface area (Å²) in [5.41, 5.74) is 0. The minimum Gasteiger partial charge on any atom is -0.462 e. The standard InChI is InChI=1S/C77H150O17P2/c1-7-10-12-14-16-18-20-21-22-23-24-25-26-27-28-29-30-31-35-43-49-55-61-76(81)93-72(65-88-75(80)60-54-48-42-36-32-33-39-45-51-57-69(4)5)67-91-95(83,84)89-63-71(78)64-90-96(85,86)92-68-73(66-87-74(79)59-53-47-41-34-19-17-15-13-11-8-2)94-77(82)62-56-50-44-38-37-40-46-52-58-70(6)9-3/h69-73,78H,7-68H2,1-6H3,(H,83,84)(H,85,86)/t70?,71-,72-,73-/m1/s1. The number of hydrogen-bond acceptors (Lipinski definition) is 15. The number of esters is 4. The van der Waals surface area contributed by atoms with Crippen molar-refractivity contribution in [3.63, 3.8) is 0 Å². The molecule has 0 aromatic carbocycles. The van der Waals surface area contributed by atoms with Crippen LogP contribution in [0.15, 0.2) is 0 Å². The van der Waals surface area contributed by atoms with Crippen LogP contribution in [0.4, 0.5) is 0 Å². The van der Waals surface area contributed by atoms with Crippen molar-refractivity contribution in [2.75, 3.05) is 39.6 Å². The third-order valence-corrected chi connectivity index (χ3v) is 20.2. The van der Waals surface area contributed by atoms with E-state index in [0.29, 0.717) is 25.7 Å². The maximum Gasteiger partial charge on any atom is 0.472 e. The predicted molar refractivity (Wildman–Crippen MR) is 391 cm³/mol. The average molecular weight is 1410 g/mol. The molecule has 0 aliphatic rings. The van der Waals surface area contributed by atoms with E-state index in [1.54, 1.807) is 0 Å². The Balaban J connectivity index is 5.18. The highest BCUT2D eigenvalue weighted by atomic mass is 31.2. The number of carbonyl (C=O) groups excluding carboxylic acids is 4. The molecule has 19 heteroatoms. The smallest absolute Gasteiger partial charge is 0.462 e. The van der Waals surface area contributed by atoms with Gasteiger partial charge in [-0.1, -0.05) is 350 Å². The lowest BCUT2D eigenvalue weighted by molar-refractivity contribution is -0.161. The second-order valence-corrected chi connectivity index (χ2v) is 31.4. The van der Waals surface area contributed by atoms with Crippen molar-refractivity contribution >= 4 is 39.5 Å². The van der Waals surface area contributed by atoms with E-state index in [1.807, 2.05) is 0 Å². The number of carbonyl (C=O) groups is 4. The Labute approximate surface area is 588 Å². The van der Waals surface area contributed by atoms with Gasteiger partial charge in [0.05, 0.1) is 26.4 Å². The van der Waals surface area contributed by atoms with Crippen LogP contribution in [-0.2, 0) is 65.4 Å². The fourth-order valence-electron chi connectivity index (χ4n) is 11.8. The monoisotopic (exact) mass is 1410 g/mol. The van der Waals surface area contributed by atoms with Gasteiger partial charge in [0.25, 0.3) is 0 Å². The summed E-state index contributed by atoms with van der Waals surface area (Å²) in [6, 6.07) is 0. The number of phosphoric ester groups is 2. The molecule has 6 atom stereocenters. The molecule has 0 aliphatic heterocycles. The van der Waals surface area contributed by atoms with Gasteiger partial charge in [-0.25, -0.2) is 9.13 Å². The van der Waals surface area contributed by atoms with Gasteiger partial charge in [0.1, 0.15) is 19.3 Å². The molecule has 0 bridgehead atoms. The van der Waals surface area contributed by atoms with Crippen LogP contribution in [0.5, 0.6) is 0 Å².